The zero-order valence-corrected chi connectivity index (χ0v) is 9.67. The molecule has 0 bridgehead atoms. The Balaban J connectivity index is 1.82. The summed E-state index contributed by atoms with van der Waals surface area (Å²) in [7, 11) is 0. The van der Waals surface area contributed by atoms with Gasteiger partial charge in [0, 0.05) is 12.0 Å². The van der Waals surface area contributed by atoms with Crippen molar-refractivity contribution in [2.75, 3.05) is 0 Å². The molecule has 1 aliphatic heterocycles. The molecule has 0 spiro atoms. The fraction of sp³-hybridized carbons (Fsp3) is 0.133. The van der Waals surface area contributed by atoms with Crippen LogP contribution in [0.4, 0.5) is 0 Å². The number of carbonyl (C=O) groups is 1. The van der Waals surface area contributed by atoms with Gasteiger partial charge in [-0.15, -0.1) is 0 Å². The van der Waals surface area contributed by atoms with Gasteiger partial charge in [-0.05, 0) is 35.9 Å². The van der Waals surface area contributed by atoms with E-state index in [-0.39, 0.29) is 11.5 Å². The Hall–Kier alpha value is -2.29. The number of benzene rings is 2. The summed E-state index contributed by atoms with van der Waals surface area (Å²) in [6.07, 6.45) is 0.155. The van der Waals surface area contributed by atoms with Crippen LogP contribution in [-0.4, -0.2) is 17.0 Å². The molecule has 0 aliphatic carbocycles. The maximum atomic E-state index is 12.2. The molecule has 2 aromatic rings. The lowest BCUT2D eigenvalue weighted by Gasteiger charge is -2.09. The Kier molecular flexibility index (Phi) is 2.52. The van der Waals surface area contributed by atoms with Gasteiger partial charge in [0.1, 0.15) is 11.5 Å². The van der Waals surface area contributed by atoms with Crippen LogP contribution in [-0.2, 0) is 6.42 Å². The van der Waals surface area contributed by atoms with Crippen LogP contribution in [0.1, 0.15) is 15.9 Å². The predicted molar refractivity (Wildman–Crippen MR) is 67.0 cm³/mol. The normalized spacial score (nSPS) is 17.0. The zero-order chi connectivity index (χ0) is 12.5. The van der Waals surface area contributed by atoms with Crippen LogP contribution in [0.15, 0.2) is 48.5 Å². The van der Waals surface area contributed by atoms with E-state index < -0.39 is 6.10 Å². The van der Waals surface area contributed by atoms with Crippen molar-refractivity contribution < 1.29 is 14.6 Å². The second-order valence-corrected chi connectivity index (χ2v) is 4.33. The van der Waals surface area contributed by atoms with Crippen LogP contribution >= 0.6 is 0 Å². The first kappa shape index (κ1) is 10.8. The molecule has 0 aromatic heterocycles. The fourth-order valence-electron chi connectivity index (χ4n) is 2.14. The molecule has 1 heterocycles. The highest BCUT2D eigenvalue weighted by Crippen LogP contribution is 2.29. The van der Waals surface area contributed by atoms with Crippen molar-refractivity contribution >= 4 is 5.78 Å². The van der Waals surface area contributed by atoms with Gasteiger partial charge in [0.05, 0.1) is 0 Å². The topological polar surface area (TPSA) is 46.5 Å². The van der Waals surface area contributed by atoms with Crippen LogP contribution in [0, 0.1) is 0 Å². The van der Waals surface area contributed by atoms with Crippen molar-refractivity contribution in [3.63, 3.8) is 0 Å². The number of fused-ring (bicyclic) bond motifs is 1. The van der Waals surface area contributed by atoms with E-state index in [4.69, 9.17) is 4.74 Å². The summed E-state index contributed by atoms with van der Waals surface area (Å²) in [4.78, 5) is 12.2. The van der Waals surface area contributed by atoms with E-state index in [0.29, 0.717) is 12.0 Å². The summed E-state index contributed by atoms with van der Waals surface area (Å²) in [5, 5.41) is 9.20. The molecule has 0 radical (unpaired) electrons. The largest absolute Gasteiger partial charge is 0.508 e. The number of rotatable bonds is 2. The third kappa shape index (κ3) is 1.84. The molecule has 3 nitrogen and oxygen atoms in total. The quantitative estimate of drug-likeness (QED) is 0.821. The Morgan fingerprint density at radius 2 is 1.83 bits per heavy atom. The third-order valence-corrected chi connectivity index (χ3v) is 3.09. The maximum absolute atomic E-state index is 12.2. The highest BCUT2D eigenvalue weighted by molar-refractivity contribution is 6.00. The van der Waals surface area contributed by atoms with E-state index >= 15 is 0 Å². The van der Waals surface area contributed by atoms with Gasteiger partial charge in [0.2, 0.25) is 5.78 Å². The van der Waals surface area contributed by atoms with Gasteiger partial charge >= 0.3 is 0 Å². The second kappa shape index (κ2) is 4.18. The summed E-state index contributed by atoms with van der Waals surface area (Å²) in [6.45, 7) is 0. The predicted octanol–water partition coefficient (Wildman–Crippen LogP) is 2.58. The Morgan fingerprint density at radius 1 is 1.11 bits per heavy atom. The van der Waals surface area contributed by atoms with Crippen molar-refractivity contribution in [2.45, 2.75) is 12.5 Å². The van der Waals surface area contributed by atoms with E-state index in [1.165, 1.54) is 12.1 Å². The molecule has 2 aromatic carbocycles. The molecule has 0 amide bonds. The van der Waals surface area contributed by atoms with Gasteiger partial charge in [-0.2, -0.15) is 0 Å². The molecule has 0 saturated carbocycles. The number of phenolic OH excluding ortho intramolecular Hbond substituents is 1. The van der Waals surface area contributed by atoms with Crippen LogP contribution in [0.3, 0.4) is 0 Å². The Morgan fingerprint density at radius 3 is 2.56 bits per heavy atom. The molecule has 1 N–H and O–H groups in total. The zero-order valence-electron chi connectivity index (χ0n) is 9.67. The first-order valence-corrected chi connectivity index (χ1v) is 5.82. The van der Waals surface area contributed by atoms with Crippen molar-refractivity contribution in [3.05, 3.63) is 59.7 Å². The van der Waals surface area contributed by atoms with Gasteiger partial charge < -0.3 is 9.84 Å². The molecule has 0 fully saturated rings. The number of carbonyl (C=O) groups excluding carboxylic acids is 1. The Labute approximate surface area is 105 Å². The van der Waals surface area contributed by atoms with Crippen molar-refractivity contribution in [1.82, 2.24) is 0 Å². The molecular formula is C15H12O3. The van der Waals surface area contributed by atoms with Crippen molar-refractivity contribution in [2.24, 2.45) is 0 Å². The third-order valence-electron chi connectivity index (χ3n) is 3.09. The smallest absolute Gasteiger partial charge is 0.203 e. The van der Waals surface area contributed by atoms with E-state index in [1.54, 1.807) is 12.1 Å². The Bertz CT molecular complexity index is 562. The summed E-state index contributed by atoms with van der Waals surface area (Å²) in [6, 6.07) is 13.9. The molecule has 1 unspecified atom stereocenters. The van der Waals surface area contributed by atoms with Crippen LogP contribution in [0.2, 0.25) is 0 Å². The fourth-order valence-corrected chi connectivity index (χ4v) is 2.14. The lowest BCUT2D eigenvalue weighted by Crippen LogP contribution is -2.25. The monoisotopic (exact) mass is 240 g/mol. The number of ketones is 1. The molecule has 0 saturated heterocycles. The van der Waals surface area contributed by atoms with Gasteiger partial charge in [-0.25, -0.2) is 0 Å². The average Bonchev–Trinajstić information content (AvgIpc) is 2.82. The highest BCUT2D eigenvalue weighted by atomic mass is 16.5. The van der Waals surface area contributed by atoms with Gasteiger partial charge in [-0.3, -0.25) is 4.79 Å². The van der Waals surface area contributed by atoms with Crippen LogP contribution in [0.5, 0.6) is 11.5 Å². The first-order valence-electron chi connectivity index (χ1n) is 5.82. The molecule has 3 rings (SSSR count). The van der Waals surface area contributed by atoms with E-state index in [2.05, 4.69) is 0 Å². The van der Waals surface area contributed by atoms with E-state index in [1.807, 2.05) is 24.3 Å². The second-order valence-electron chi connectivity index (χ2n) is 4.33. The summed E-state index contributed by atoms with van der Waals surface area (Å²) < 4.78 is 5.64. The minimum atomic E-state index is -0.452. The average molecular weight is 240 g/mol. The highest BCUT2D eigenvalue weighted by Gasteiger charge is 2.29. The van der Waals surface area contributed by atoms with Crippen LogP contribution < -0.4 is 4.74 Å². The number of para-hydroxylation sites is 1. The minimum absolute atomic E-state index is 0.0498. The molecule has 18 heavy (non-hydrogen) atoms. The molecule has 3 heteroatoms. The number of Topliss-reactive ketones (excluding diaryl/α,β-unsaturated/α-hetero) is 1. The first-order chi connectivity index (χ1) is 8.74. The molecular weight excluding hydrogens is 228 g/mol. The van der Waals surface area contributed by atoms with E-state index in [0.717, 1.165) is 11.3 Å². The SMILES string of the molecule is O=C(c1ccc(O)cc1)C1Cc2ccccc2O1. The van der Waals surface area contributed by atoms with Gasteiger partial charge in [-0.1, -0.05) is 18.2 Å². The summed E-state index contributed by atoms with van der Waals surface area (Å²) >= 11 is 0. The van der Waals surface area contributed by atoms with Crippen molar-refractivity contribution in [3.8, 4) is 11.5 Å². The lowest BCUT2D eigenvalue weighted by atomic mass is 10.0. The van der Waals surface area contributed by atoms with Gasteiger partial charge in [0.25, 0.3) is 0 Å². The standard InChI is InChI=1S/C15H12O3/c16-12-7-5-10(6-8-12)15(17)14-9-11-3-1-2-4-13(11)18-14/h1-8,14,16H,9H2. The molecule has 1 aliphatic rings. The van der Waals surface area contributed by atoms with Gasteiger partial charge in [0.15, 0.2) is 6.10 Å². The molecule has 1 atom stereocenters. The number of aromatic hydroxyl groups is 1. The number of hydrogen-bond acceptors (Lipinski definition) is 3. The molecule has 90 valence electrons. The lowest BCUT2D eigenvalue weighted by molar-refractivity contribution is 0.0825. The number of ether oxygens (including phenoxy) is 1. The minimum Gasteiger partial charge on any atom is -0.508 e. The van der Waals surface area contributed by atoms with Crippen LogP contribution in [0.25, 0.3) is 0 Å². The van der Waals surface area contributed by atoms with E-state index in [9.17, 15) is 9.90 Å². The summed E-state index contributed by atoms with van der Waals surface area (Å²) in [5.74, 6) is 0.892. The number of hydrogen-bond donors (Lipinski definition) is 1. The maximum Gasteiger partial charge on any atom is 0.203 e. The number of phenols is 1. The summed E-state index contributed by atoms with van der Waals surface area (Å²) in [5.41, 5.74) is 1.63. The van der Waals surface area contributed by atoms with Crippen molar-refractivity contribution in [1.29, 1.82) is 0 Å².